The number of nitrogens with two attached hydrogens (primary N) is 1. The maximum Gasteiger partial charge on any atom is 0.146 e. The predicted octanol–water partition coefficient (Wildman–Crippen LogP) is 2.42. The topological polar surface area (TPSA) is 29.3 Å². The summed E-state index contributed by atoms with van der Waals surface area (Å²) in [5.41, 5.74) is 8.02. The molecular weight excluding hydrogens is 203 g/mol. The van der Waals surface area contributed by atoms with Crippen LogP contribution >= 0.6 is 0 Å². The zero-order valence-corrected chi connectivity index (χ0v) is 9.32. The van der Waals surface area contributed by atoms with Crippen LogP contribution in [0.2, 0.25) is 0 Å². The van der Waals surface area contributed by atoms with Crippen LogP contribution in [0.3, 0.4) is 0 Å². The number of hydrogen-bond acceptors (Lipinski definition) is 2. The van der Waals surface area contributed by atoms with Crippen molar-refractivity contribution in [1.29, 1.82) is 0 Å². The lowest BCUT2D eigenvalue weighted by molar-refractivity contribution is 0.355. The number of benzene rings is 1. The quantitative estimate of drug-likeness (QED) is 0.727. The molecular formula is C13H17FN2. The summed E-state index contributed by atoms with van der Waals surface area (Å²) in [7, 11) is 0. The minimum atomic E-state index is -0.112. The van der Waals surface area contributed by atoms with Crippen molar-refractivity contribution in [3.05, 3.63) is 29.6 Å². The van der Waals surface area contributed by atoms with Crippen molar-refractivity contribution in [2.24, 2.45) is 5.73 Å². The maximum atomic E-state index is 13.9. The van der Waals surface area contributed by atoms with Gasteiger partial charge in [-0.05, 0) is 43.7 Å². The number of hydrogen-bond donors (Lipinski definition) is 1. The standard InChI is InChI=1S/C13H17FN2/c14-11-5-1-3-9-7-8-10-4-2-6-12(15)16(10)13(9)11/h1,3,5,10,12H,2,4,6-8,15H2. The second-order valence-corrected chi connectivity index (χ2v) is 4.85. The number of fused-ring (bicyclic) bond motifs is 3. The molecule has 0 aliphatic carbocycles. The summed E-state index contributed by atoms with van der Waals surface area (Å²) in [4.78, 5) is 2.12. The average molecular weight is 220 g/mol. The van der Waals surface area contributed by atoms with Crippen molar-refractivity contribution in [2.45, 2.75) is 44.3 Å². The third-order valence-electron chi connectivity index (χ3n) is 3.86. The lowest BCUT2D eigenvalue weighted by atomic mass is 9.88. The van der Waals surface area contributed by atoms with Crippen LogP contribution < -0.4 is 10.6 Å². The fourth-order valence-electron chi connectivity index (χ4n) is 3.12. The summed E-state index contributed by atoms with van der Waals surface area (Å²) in [6, 6.07) is 5.82. The Morgan fingerprint density at radius 1 is 1.25 bits per heavy atom. The lowest BCUT2D eigenvalue weighted by Gasteiger charge is -2.46. The van der Waals surface area contributed by atoms with E-state index in [1.54, 1.807) is 12.1 Å². The molecule has 2 atom stereocenters. The van der Waals surface area contributed by atoms with Gasteiger partial charge in [0.1, 0.15) is 5.82 Å². The van der Waals surface area contributed by atoms with E-state index < -0.39 is 0 Å². The van der Waals surface area contributed by atoms with Crippen LogP contribution in [0.4, 0.5) is 10.1 Å². The molecule has 1 aromatic rings. The molecule has 1 fully saturated rings. The Bertz CT molecular complexity index is 405. The first-order valence-electron chi connectivity index (χ1n) is 6.08. The van der Waals surface area contributed by atoms with Gasteiger partial charge in [0, 0.05) is 6.04 Å². The van der Waals surface area contributed by atoms with Gasteiger partial charge in [0.05, 0.1) is 11.9 Å². The summed E-state index contributed by atoms with van der Waals surface area (Å²) >= 11 is 0. The van der Waals surface area contributed by atoms with E-state index in [0.29, 0.717) is 6.04 Å². The maximum absolute atomic E-state index is 13.9. The van der Waals surface area contributed by atoms with Gasteiger partial charge >= 0.3 is 0 Å². The number of aryl methyl sites for hydroxylation is 1. The Balaban J connectivity index is 2.08. The molecule has 1 saturated heterocycles. The van der Waals surface area contributed by atoms with E-state index in [1.165, 1.54) is 6.42 Å². The van der Waals surface area contributed by atoms with Gasteiger partial charge in [0.2, 0.25) is 0 Å². The summed E-state index contributed by atoms with van der Waals surface area (Å²) in [6.45, 7) is 0. The number of anilines is 1. The Kier molecular flexibility index (Phi) is 2.36. The molecule has 3 heteroatoms. The molecule has 2 aliphatic rings. The van der Waals surface area contributed by atoms with Crippen LogP contribution in [0.1, 0.15) is 31.2 Å². The van der Waals surface area contributed by atoms with E-state index in [1.807, 2.05) is 6.07 Å². The normalized spacial score (nSPS) is 28.5. The van der Waals surface area contributed by atoms with Crippen molar-refractivity contribution in [1.82, 2.24) is 0 Å². The highest BCUT2D eigenvalue weighted by molar-refractivity contribution is 5.58. The average Bonchev–Trinajstić information content (AvgIpc) is 2.29. The molecule has 1 aromatic carbocycles. The number of halogens is 1. The molecule has 2 nitrogen and oxygen atoms in total. The third-order valence-corrected chi connectivity index (χ3v) is 3.86. The van der Waals surface area contributed by atoms with Gasteiger partial charge in [-0.2, -0.15) is 0 Å². The fraction of sp³-hybridized carbons (Fsp3) is 0.538. The van der Waals surface area contributed by atoms with Gasteiger partial charge in [-0.25, -0.2) is 4.39 Å². The minimum Gasteiger partial charge on any atom is -0.351 e. The lowest BCUT2D eigenvalue weighted by Crippen LogP contribution is -2.53. The first kappa shape index (κ1) is 10.1. The van der Waals surface area contributed by atoms with Gasteiger partial charge in [0.15, 0.2) is 0 Å². The Morgan fingerprint density at radius 3 is 3.00 bits per heavy atom. The predicted molar refractivity (Wildman–Crippen MR) is 62.8 cm³/mol. The monoisotopic (exact) mass is 220 g/mol. The van der Waals surface area contributed by atoms with E-state index in [2.05, 4.69) is 4.90 Å². The van der Waals surface area contributed by atoms with E-state index in [9.17, 15) is 4.39 Å². The largest absolute Gasteiger partial charge is 0.351 e. The SMILES string of the molecule is NC1CCCC2CCc3cccc(F)c3N12. The van der Waals surface area contributed by atoms with E-state index >= 15 is 0 Å². The number of nitrogens with zero attached hydrogens (tertiary/aromatic N) is 1. The number of para-hydroxylation sites is 1. The second-order valence-electron chi connectivity index (χ2n) is 4.85. The Hall–Kier alpha value is -1.09. The smallest absolute Gasteiger partial charge is 0.146 e. The number of rotatable bonds is 0. The van der Waals surface area contributed by atoms with Gasteiger partial charge < -0.3 is 10.6 Å². The van der Waals surface area contributed by atoms with Gasteiger partial charge in [-0.3, -0.25) is 0 Å². The fourth-order valence-corrected chi connectivity index (χ4v) is 3.12. The van der Waals surface area contributed by atoms with Gasteiger partial charge in [0.25, 0.3) is 0 Å². The number of piperidine rings is 1. The molecule has 0 radical (unpaired) electrons. The highest BCUT2D eigenvalue weighted by Gasteiger charge is 2.34. The zero-order valence-electron chi connectivity index (χ0n) is 9.32. The summed E-state index contributed by atoms with van der Waals surface area (Å²) in [6.07, 6.45) is 5.40. The molecule has 0 bridgehead atoms. The molecule has 2 heterocycles. The van der Waals surface area contributed by atoms with Crippen molar-refractivity contribution < 1.29 is 4.39 Å². The van der Waals surface area contributed by atoms with Crippen LogP contribution in [0, 0.1) is 5.82 Å². The van der Waals surface area contributed by atoms with E-state index in [-0.39, 0.29) is 12.0 Å². The summed E-state index contributed by atoms with van der Waals surface area (Å²) in [5, 5.41) is 0. The molecule has 0 amide bonds. The second kappa shape index (κ2) is 3.74. The van der Waals surface area contributed by atoms with Crippen molar-refractivity contribution >= 4 is 5.69 Å². The van der Waals surface area contributed by atoms with Crippen molar-refractivity contribution in [3.8, 4) is 0 Å². The highest BCUT2D eigenvalue weighted by atomic mass is 19.1. The minimum absolute atomic E-state index is 0.00491. The van der Waals surface area contributed by atoms with Crippen LogP contribution in [0.25, 0.3) is 0 Å². The van der Waals surface area contributed by atoms with Crippen LogP contribution in [-0.2, 0) is 6.42 Å². The molecule has 2 N–H and O–H groups in total. The summed E-state index contributed by atoms with van der Waals surface area (Å²) in [5.74, 6) is -0.112. The molecule has 0 spiro atoms. The van der Waals surface area contributed by atoms with Crippen LogP contribution in [0.5, 0.6) is 0 Å². The summed E-state index contributed by atoms with van der Waals surface area (Å²) < 4.78 is 13.9. The molecule has 86 valence electrons. The van der Waals surface area contributed by atoms with Crippen molar-refractivity contribution in [3.63, 3.8) is 0 Å². The van der Waals surface area contributed by atoms with E-state index in [0.717, 1.165) is 36.9 Å². The Morgan fingerprint density at radius 2 is 2.12 bits per heavy atom. The highest BCUT2D eigenvalue weighted by Crippen LogP contribution is 2.38. The zero-order chi connectivity index (χ0) is 11.1. The molecule has 16 heavy (non-hydrogen) atoms. The van der Waals surface area contributed by atoms with Crippen molar-refractivity contribution in [2.75, 3.05) is 4.90 Å². The van der Waals surface area contributed by atoms with E-state index in [4.69, 9.17) is 5.73 Å². The molecule has 2 unspecified atom stereocenters. The van der Waals surface area contributed by atoms with Crippen LogP contribution in [0.15, 0.2) is 18.2 Å². The van der Waals surface area contributed by atoms with Gasteiger partial charge in [-0.1, -0.05) is 12.1 Å². The molecule has 0 aromatic heterocycles. The Labute approximate surface area is 95.2 Å². The third kappa shape index (κ3) is 1.42. The molecule has 0 saturated carbocycles. The van der Waals surface area contributed by atoms with Gasteiger partial charge in [-0.15, -0.1) is 0 Å². The molecule has 3 rings (SSSR count). The molecule has 2 aliphatic heterocycles. The first-order valence-corrected chi connectivity index (χ1v) is 6.08. The van der Waals surface area contributed by atoms with Crippen LogP contribution in [-0.4, -0.2) is 12.2 Å². The first-order chi connectivity index (χ1) is 7.77.